The number of allylic oxidation sites excluding steroid dienone is 2. The molecule has 2 heteroatoms. The Morgan fingerprint density at radius 2 is 1.87 bits per heavy atom. The molecular formula is C21H29NO. The molecule has 2 nitrogen and oxygen atoms in total. The van der Waals surface area contributed by atoms with Crippen molar-refractivity contribution in [3.05, 3.63) is 47.9 Å². The van der Waals surface area contributed by atoms with Crippen molar-refractivity contribution in [2.24, 2.45) is 17.8 Å². The summed E-state index contributed by atoms with van der Waals surface area (Å²) in [6.07, 6.45) is 10.1. The van der Waals surface area contributed by atoms with Gasteiger partial charge >= 0.3 is 0 Å². The summed E-state index contributed by atoms with van der Waals surface area (Å²) < 4.78 is 40.9. The molecule has 4 rings (SSSR count). The number of likely N-dealkylation sites (tertiary alicyclic amines) is 1. The summed E-state index contributed by atoms with van der Waals surface area (Å²) in [6.45, 7) is 2.71. The molecule has 0 aromatic heterocycles. The maximum atomic E-state index is 12.0. The van der Waals surface area contributed by atoms with E-state index in [9.17, 15) is 5.11 Å². The van der Waals surface area contributed by atoms with Gasteiger partial charge in [-0.15, -0.1) is 0 Å². The minimum Gasteiger partial charge on any atom is -0.385 e. The normalized spacial score (nSPS) is 36.0. The monoisotopic (exact) mass is 316 g/mol. The van der Waals surface area contributed by atoms with Crippen LogP contribution in [0.1, 0.15) is 50.9 Å². The first-order valence-corrected chi connectivity index (χ1v) is 9.03. The van der Waals surface area contributed by atoms with Gasteiger partial charge in [-0.1, -0.05) is 48.8 Å². The third-order valence-corrected chi connectivity index (χ3v) is 6.08. The number of piperidine rings is 1. The summed E-state index contributed by atoms with van der Waals surface area (Å²) in [4.78, 5) is 2.34. The Kier molecular flexibility index (Phi) is 2.98. The van der Waals surface area contributed by atoms with Gasteiger partial charge in [-0.25, -0.2) is 0 Å². The second-order valence-electron chi connectivity index (χ2n) is 7.46. The highest BCUT2D eigenvalue weighted by molar-refractivity contribution is 5.27. The highest BCUT2D eigenvalue weighted by atomic mass is 16.3. The van der Waals surface area contributed by atoms with Gasteiger partial charge in [0.15, 0.2) is 0 Å². The second-order valence-corrected chi connectivity index (χ2v) is 7.46. The second kappa shape index (κ2) is 6.41. The van der Waals surface area contributed by atoms with E-state index in [1.165, 1.54) is 6.42 Å². The van der Waals surface area contributed by atoms with E-state index in [-0.39, 0.29) is 41.6 Å². The molecule has 1 saturated heterocycles. The first kappa shape index (κ1) is 10.7. The van der Waals surface area contributed by atoms with Crippen LogP contribution in [-0.2, 0) is 5.60 Å². The van der Waals surface area contributed by atoms with Crippen molar-refractivity contribution in [2.45, 2.75) is 44.1 Å². The Balaban J connectivity index is 1.74. The number of nitrogens with zero attached hydrogens (tertiary/aromatic N) is 1. The van der Waals surface area contributed by atoms with Crippen molar-refractivity contribution in [1.29, 1.82) is 0 Å². The minimum atomic E-state index is -1.41. The van der Waals surface area contributed by atoms with Gasteiger partial charge in [0.1, 0.15) is 0 Å². The summed E-state index contributed by atoms with van der Waals surface area (Å²) in [5.41, 5.74) is -1.31. The number of benzene rings is 1. The van der Waals surface area contributed by atoms with Crippen molar-refractivity contribution in [3.8, 4) is 0 Å². The molecule has 124 valence electrons. The molecular weight excluding hydrogens is 282 g/mol. The zero-order chi connectivity index (χ0) is 20.1. The molecule has 0 unspecified atom stereocenters. The minimum absolute atomic E-state index is 0.0986. The summed E-state index contributed by atoms with van der Waals surface area (Å²) in [5, 5.41) is 12.0. The average Bonchev–Trinajstić information content (AvgIpc) is 3.34. The van der Waals surface area contributed by atoms with Crippen LogP contribution in [0.15, 0.2) is 42.4 Å². The predicted molar refractivity (Wildman–Crippen MR) is 94.1 cm³/mol. The van der Waals surface area contributed by atoms with Crippen molar-refractivity contribution >= 4 is 0 Å². The first-order chi connectivity index (χ1) is 13.3. The van der Waals surface area contributed by atoms with Gasteiger partial charge in [0, 0.05) is 6.54 Å². The molecule has 2 aliphatic carbocycles. The third-order valence-electron chi connectivity index (χ3n) is 6.08. The number of fused-ring (bicyclic) bond motifs is 2. The van der Waals surface area contributed by atoms with Crippen molar-refractivity contribution in [3.63, 3.8) is 0 Å². The van der Waals surface area contributed by atoms with Crippen LogP contribution in [0.25, 0.3) is 0 Å². The SMILES string of the molecule is [2H]c1c([2H])c([2H])c([C@@](O)(CCN2CCCCC2)[C@H]2C[C@H]3C=C[C@@H]2C3)c([2H])c1[2H]. The summed E-state index contributed by atoms with van der Waals surface area (Å²) in [5.74, 6) is 0.548. The van der Waals surface area contributed by atoms with E-state index < -0.39 is 11.6 Å². The molecule has 1 N–H and O–H groups in total. The molecule has 1 heterocycles. The number of rotatable bonds is 5. The Labute approximate surface area is 147 Å². The Hall–Kier alpha value is -1.12. The largest absolute Gasteiger partial charge is 0.385 e. The van der Waals surface area contributed by atoms with Gasteiger partial charge in [0.2, 0.25) is 0 Å². The zero-order valence-electron chi connectivity index (χ0n) is 18.6. The molecule has 0 radical (unpaired) electrons. The molecule has 23 heavy (non-hydrogen) atoms. The molecule has 1 aliphatic heterocycles. The molecule has 4 atom stereocenters. The standard InChI is InChI=1S/C21H29NO/c23-21(19-7-3-1-4-8-19,11-14-22-12-5-2-6-13-22)20-16-17-9-10-18(20)15-17/h1,3-4,7-10,17-18,20,23H,2,5-6,11-16H2/t17-,18+,20-,21-/m0/s1/i1D,3D,4D,7D,8D. The van der Waals surface area contributed by atoms with Crippen LogP contribution in [-0.4, -0.2) is 29.6 Å². The molecule has 0 amide bonds. The fourth-order valence-electron chi connectivity index (χ4n) is 4.80. The van der Waals surface area contributed by atoms with Crippen LogP contribution in [0.4, 0.5) is 0 Å². The summed E-state index contributed by atoms with van der Waals surface area (Å²) >= 11 is 0. The van der Waals surface area contributed by atoms with E-state index in [1.54, 1.807) is 0 Å². The molecule has 1 aromatic rings. The van der Waals surface area contributed by atoms with Gasteiger partial charge in [-0.05, 0) is 68.5 Å². The van der Waals surface area contributed by atoms with Crippen LogP contribution >= 0.6 is 0 Å². The highest BCUT2D eigenvalue weighted by Gasteiger charge is 2.48. The maximum absolute atomic E-state index is 12.0. The van der Waals surface area contributed by atoms with E-state index >= 15 is 0 Å². The highest BCUT2D eigenvalue weighted by Crippen LogP contribution is 2.52. The van der Waals surface area contributed by atoms with E-state index in [0.717, 1.165) is 38.8 Å². The fraction of sp³-hybridized carbons (Fsp3) is 0.619. The Morgan fingerprint density at radius 3 is 2.52 bits per heavy atom. The molecule has 3 aliphatic rings. The van der Waals surface area contributed by atoms with Crippen LogP contribution in [0.3, 0.4) is 0 Å². The maximum Gasteiger partial charge on any atom is 0.0942 e. The summed E-state index contributed by atoms with van der Waals surface area (Å²) in [6, 6.07) is -1.61. The molecule has 0 spiro atoms. The van der Waals surface area contributed by atoms with Gasteiger partial charge in [0.25, 0.3) is 0 Å². The molecule has 2 bridgehead atoms. The average molecular weight is 316 g/mol. The first-order valence-electron chi connectivity index (χ1n) is 11.5. The van der Waals surface area contributed by atoms with E-state index in [1.807, 2.05) is 0 Å². The number of hydrogen-bond donors (Lipinski definition) is 1. The van der Waals surface area contributed by atoms with E-state index in [2.05, 4.69) is 17.1 Å². The van der Waals surface area contributed by atoms with Crippen LogP contribution in [0.2, 0.25) is 0 Å². The number of aliphatic hydroxyl groups is 1. The van der Waals surface area contributed by atoms with Gasteiger partial charge in [0.05, 0.1) is 12.5 Å². The quantitative estimate of drug-likeness (QED) is 0.831. The van der Waals surface area contributed by atoms with Crippen molar-refractivity contribution in [2.75, 3.05) is 19.6 Å². The van der Waals surface area contributed by atoms with Crippen molar-refractivity contribution in [1.82, 2.24) is 4.90 Å². The van der Waals surface area contributed by atoms with E-state index in [4.69, 9.17) is 6.85 Å². The van der Waals surface area contributed by atoms with Crippen LogP contribution in [0.5, 0.6) is 0 Å². The van der Waals surface area contributed by atoms with Gasteiger partial charge in [-0.2, -0.15) is 0 Å². The van der Waals surface area contributed by atoms with Crippen LogP contribution < -0.4 is 0 Å². The fourth-order valence-corrected chi connectivity index (χ4v) is 4.80. The molecule has 1 saturated carbocycles. The lowest BCUT2D eigenvalue weighted by Gasteiger charge is -2.40. The smallest absolute Gasteiger partial charge is 0.0942 e. The predicted octanol–water partition coefficient (Wildman–Crippen LogP) is 3.96. The lowest BCUT2D eigenvalue weighted by molar-refractivity contribution is -0.0495. The van der Waals surface area contributed by atoms with Gasteiger partial charge < -0.3 is 10.0 Å². The lowest BCUT2D eigenvalue weighted by atomic mass is 9.72. The van der Waals surface area contributed by atoms with Crippen LogP contribution in [0, 0.1) is 17.8 Å². The topological polar surface area (TPSA) is 23.5 Å². The Morgan fingerprint density at radius 1 is 1.09 bits per heavy atom. The zero-order valence-corrected chi connectivity index (χ0v) is 13.6. The molecule has 2 fully saturated rings. The van der Waals surface area contributed by atoms with Gasteiger partial charge in [-0.3, -0.25) is 0 Å². The van der Waals surface area contributed by atoms with Crippen molar-refractivity contribution < 1.29 is 12.0 Å². The summed E-state index contributed by atoms with van der Waals surface area (Å²) in [7, 11) is 0. The molecule has 1 aromatic carbocycles. The third kappa shape index (κ3) is 2.99. The van der Waals surface area contributed by atoms with E-state index in [0.29, 0.717) is 18.9 Å². The lowest BCUT2D eigenvalue weighted by Crippen LogP contribution is -2.42. The number of hydrogen-bond acceptors (Lipinski definition) is 2. The Bertz CT molecular complexity index is 762.